The lowest BCUT2D eigenvalue weighted by Gasteiger charge is -2.16. The first-order valence-corrected chi connectivity index (χ1v) is 6.03. The Bertz CT molecular complexity index is 431. The average molecular weight is 272 g/mol. The van der Waals surface area contributed by atoms with Gasteiger partial charge in [0.1, 0.15) is 11.9 Å². The van der Waals surface area contributed by atoms with Gasteiger partial charge in [-0.1, -0.05) is 13.8 Å². The summed E-state index contributed by atoms with van der Waals surface area (Å²) >= 11 is 5.43. The molecule has 0 radical (unpaired) electrons. The van der Waals surface area contributed by atoms with E-state index in [1.165, 1.54) is 24.3 Å². The summed E-state index contributed by atoms with van der Waals surface area (Å²) in [5.74, 6) is -0.625. The molecule has 0 bridgehead atoms. The van der Waals surface area contributed by atoms with Crippen LogP contribution in [0, 0.1) is 11.7 Å². The number of amides is 1. The molecule has 0 aliphatic carbocycles. The quantitative estimate of drug-likeness (QED) is 0.837. The molecule has 0 spiro atoms. The molecule has 0 aliphatic heterocycles. The van der Waals surface area contributed by atoms with Crippen molar-refractivity contribution in [2.24, 2.45) is 5.92 Å². The van der Waals surface area contributed by atoms with Crippen LogP contribution in [0.25, 0.3) is 0 Å². The first-order chi connectivity index (χ1) is 8.40. The summed E-state index contributed by atoms with van der Waals surface area (Å²) in [5, 5.41) is 1.94. The molecule has 0 saturated heterocycles. The zero-order chi connectivity index (χ0) is 13.7. The van der Waals surface area contributed by atoms with E-state index >= 15 is 0 Å². The van der Waals surface area contributed by atoms with Crippen LogP contribution in [0.2, 0.25) is 0 Å². The minimum absolute atomic E-state index is 0.228. The van der Waals surface area contributed by atoms with Gasteiger partial charge in [-0.2, -0.15) is 0 Å². The van der Waals surface area contributed by atoms with E-state index in [9.17, 15) is 14.0 Å². The second-order valence-electron chi connectivity index (χ2n) is 4.47. The van der Waals surface area contributed by atoms with Crippen LogP contribution in [0.4, 0.5) is 4.39 Å². The molecule has 0 aromatic heterocycles. The molecule has 1 amide bonds. The average Bonchev–Trinajstić information content (AvgIpc) is 2.28. The number of nitrogens with one attached hydrogen (secondary N) is 1. The highest BCUT2D eigenvalue weighted by atomic mass is 35.5. The second-order valence-corrected chi connectivity index (χ2v) is 4.84. The fourth-order valence-electron chi connectivity index (χ4n) is 1.52. The van der Waals surface area contributed by atoms with Crippen LogP contribution in [0.3, 0.4) is 0 Å². The molecule has 1 aromatic carbocycles. The van der Waals surface area contributed by atoms with Crippen LogP contribution in [-0.4, -0.2) is 17.2 Å². The maximum Gasteiger partial charge on any atom is 0.251 e. The van der Waals surface area contributed by atoms with E-state index in [0.29, 0.717) is 12.0 Å². The summed E-state index contributed by atoms with van der Waals surface area (Å²) in [6.07, 6.45) is 0.468. The summed E-state index contributed by atoms with van der Waals surface area (Å²) in [6.45, 7) is 3.85. The maximum atomic E-state index is 12.7. The third kappa shape index (κ3) is 4.45. The molecule has 5 heteroatoms. The van der Waals surface area contributed by atoms with Gasteiger partial charge in [-0.05, 0) is 48.2 Å². The molecule has 1 aromatic rings. The lowest BCUT2D eigenvalue weighted by Crippen LogP contribution is -2.39. The van der Waals surface area contributed by atoms with Gasteiger partial charge >= 0.3 is 0 Å². The van der Waals surface area contributed by atoms with E-state index in [1.54, 1.807) is 0 Å². The van der Waals surface area contributed by atoms with Crippen LogP contribution in [0.5, 0.6) is 0 Å². The van der Waals surface area contributed by atoms with Crippen molar-refractivity contribution < 1.29 is 14.0 Å². The first-order valence-electron chi connectivity index (χ1n) is 5.66. The van der Waals surface area contributed by atoms with Crippen LogP contribution in [0.15, 0.2) is 24.3 Å². The summed E-state index contributed by atoms with van der Waals surface area (Å²) < 4.78 is 12.7. The molecule has 18 heavy (non-hydrogen) atoms. The number of carbonyl (C=O) groups is 2. The summed E-state index contributed by atoms with van der Waals surface area (Å²) in [5.41, 5.74) is 0.295. The molecule has 0 aliphatic rings. The third-order valence-corrected chi connectivity index (χ3v) is 2.66. The highest BCUT2D eigenvalue weighted by Crippen LogP contribution is 2.09. The van der Waals surface area contributed by atoms with Gasteiger partial charge in [0.25, 0.3) is 5.91 Å². The molecule has 1 N–H and O–H groups in total. The van der Waals surface area contributed by atoms with Crippen LogP contribution in [0.1, 0.15) is 30.6 Å². The molecular weight excluding hydrogens is 257 g/mol. The molecular formula is C13H15ClFNO2. The van der Waals surface area contributed by atoms with E-state index in [2.05, 4.69) is 5.32 Å². The molecule has 0 saturated carbocycles. The highest BCUT2D eigenvalue weighted by molar-refractivity contribution is 6.64. The fourth-order valence-corrected chi connectivity index (χ4v) is 1.67. The Morgan fingerprint density at radius 1 is 1.28 bits per heavy atom. The number of hydrogen-bond acceptors (Lipinski definition) is 2. The predicted octanol–water partition coefficient (Wildman–Crippen LogP) is 2.74. The fraction of sp³-hybridized carbons (Fsp3) is 0.385. The molecule has 0 heterocycles. The van der Waals surface area contributed by atoms with Crippen molar-refractivity contribution in [3.8, 4) is 0 Å². The minimum Gasteiger partial charge on any atom is -0.341 e. The third-order valence-electron chi connectivity index (χ3n) is 2.39. The van der Waals surface area contributed by atoms with Crippen molar-refractivity contribution in [1.29, 1.82) is 0 Å². The summed E-state index contributed by atoms with van der Waals surface area (Å²) in [6, 6.07) is 4.37. The van der Waals surface area contributed by atoms with Gasteiger partial charge in [0.15, 0.2) is 0 Å². The lowest BCUT2D eigenvalue weighted by molar-refractivity contribution is -0.113. The normalized spacial score (nSPS) is 12.3. The van der Waals surface area contributed by atoms with Crippen molar-refractivity contribution in [2.45, 2.75) is 26.3 Å². The lowest BCUT2D eigenvalue weighted by atomic mass is 10.0. The monoisotopic (exact) mass is 271 g/mol. The summed E-state index contributed by atoms with van der Waals surface area (Å²) in [7, 11) is 0. The van der Waals surface area contributed by atoms with E-state index in [0.717, 1.165) is 0 Å². The Morgan fingerprint density at radius 2 is 1.83 bits per heavy atom. The SMILES string of the molecule is CC(C)CC(NC(=O)c1ccc(F)cc1)C(=O)Cl. The Hall–Kier alpha value is -1.42. The maximum absolute atomic E-state index is 12.7. The smallest absolute Gasteiger partial charge is 0.251 e. The summed E-state index contributed by atoms with van der Waals surface area (Å²) in [4.78, 5) is 23.0. The van der Waals surface area contributed by atoms with Crippen LogP contribution < -0.4 is 5.32 Å². The minimum atomic E-state index is -0.718. The molecule has 1 unspecified atom stereocenters. The van der Waals surface area contributed by atoms with Gasteiger partial charge in [0.2, 0.25) is 5.24 Å². The van der Waals surface area contributed by atoms with Crippen molar-refractivity contribution in [3.05, 3.63) is 35.6 Å². The van der Waals surface area contributed by atoms with Crippen molar-refractivity contribution in [1.82, 2.24) is 5.32 Å². The van der Waals surface area contributed by atoms with E-state index in [4.69, 9.17) is 11.6 Å². The molecule has 1 rings (SSSR count). The molecule has 0 fully saturated rings. The van der Waals surface area contributed by atoms with Gasteiger partial charge in [0.05, 0.1) is 0 Å². The topological polar surface area (TPSA) is 46.2 Å². The van der Waals surface area contributed by atoms with E-state index in [1.807, 2.05) is 13.8 Å². The van der Waals surface area contributed by atoms with Gasteiger partial charge in [-0.25, -0.2) is 4.39 Å². The molecule has 1 atom stereocenters. The number of carbonyl (C=O) groups excluding carboxylic acids is 2. The zero-order valence-electron chi connectivity index (χ0n) is 10.2. The van der Waals surface area contributed by atoms with Gasteiger partial charge < -0.3 is 5.32 Å². The van der Waals surface area contributed by atoms with Crippen molar-refractivity contribution >= 4 is 22.8 Å². The van der Waals surface area contributed by atoms with E-state index < -0.39 is 23.0 Å². The standard InChI is InChI=1S/C13H15ClFNO2/c1-8(2)7-11(12(14)17)16-13(18)9-3-5-10(15)6-4-9/h3-6,8,11H,7H2,1-2H3,(H,16,18). The van der Waals surface area contributed by atoms with Crippen molar-refractivity contribution in [3.63, 3.8) is 0 Å². The number of hydrogen-bond donors (Lipinski definition) is 1. The highest BCUT2D eigenvalue weighted by Gasteiger charge is 2.20. The Morgan fingerprint density at radius 3 is 2.28 bits per heavy atom. The molecule has 98 valence electrons. The van der Waals surface area contributed by atoms with Crippen molar-refractivity contribution in [2.75, 3.05) is 0 Å². The second kappa shape index (κ2) is 6.50. The largest absolute Gasteiger partial charge is 0.341 e. The predicted molar refractivity (Wildman–Crippen MR) is 68.0 cm³/mol. The Labute approximate surface area is 110 Å². The number of halogens is 2. The Balaban J connectivity index is 2.72. The van der Waals surface area contributed by atoms with E-state index in [-0.39, 0.29) is 5.92 Å². The van der Waals surface area contributed by atoms with Gasteiger partial charge in [-0.3, -0.25) is 9.59 Å². The van der Waals surface area contributed by atoms with Gasteiger partial charge in [-0.15, -0.1) is 0 Å². The molecule has 3 nitrogen and oxygen atoms in total. The van der Waals surface area contributed by atoms with Crippen LogP contribution in [-0.2, 0) is 4.79 Å². The first kappa shape index (κ1) is 14.6. The van der Waals surface area contributed by atoms with Crippen LogP contribution >= 0.6 is 11.6 Å². The zero-order valence-corrected chi connectivity index (χ0v) is 11.0. The number of benzene rings is 1. The Kier molecular flexibility index (Phi) is 5.28. The number of rotatable bonds is 5. The van der Waals surface area contributed by atoms with Gasteiger partial charge in [0, 0.05) is 5.56 Å².